The van der Waals surface area contributed by atoms with Gasteiger partial charge >= 0.3 is 0 Å². The smallest absolute Gasteiger partial charge is 0.0991 e. The number of anilines is 1. The second-order valence-electron chi connectivity index (χ2n) is 23.7. The van der Waals surface area contributed by atoms with E-state index < -0.39 is 0 Å². The second kappa shape index (κ2) is 18.8. The zero-order valence-electron chi connectivity index (χ0n) is 45.0. The summed E-state index contributed by atoms with van der Waals surface area (Å²) in [4.78, 5) is 20.9. The molecule has 0 unspecified atom stereocenters. The van der Waals surface area contributed by atoms with E-state index in [1.165, 1.54) is 22.3 Å². The molecule has 0 fully saturated rings. The first-order chi connectivity index (χ1) is 34.4. The lowest BCUT2D eigenvalue weighted by Crippen LogP contribution is -2.16. The molecular formula is C67H66N6. The number of H-pyrrole nitrogens is 2. The third-order valence-electron chi connectivity index (χ3n) is 13.7. The summed E-state index contributed by atoms with van der Waals surface area (Å²) < 4.78 is 0. The van der Waals surface area contributed by atoms with Crippen LogP contribution in [0.4, 0.5) is 5.69 Å². The molecule has 9 rings (SSSR count). The fraction of sp³-hybridized carbons (Fsp3) is 0.269. The summed E-state index contributed by atoms with van der Waals surface area (Å²) in [7, 11) is 4.10. The Bertz CT molecular complexity index is 3500. The van der Waals surface area contributed by atoms with Gasteiger partial charge in [0.05, 0.1) is 56.6 Å². The highest BCUT2D eigenvalue weighted by Gasteiger charge is 2.26. The van der Waals surface area contributed by atoms with Crippen LogP contribution < -0.4 is 4.90 Å². The number of aromatic nitrogens is 4. The van der Waals surface area contributed by atoms with Gasteiger partial charge in [-0.15, -0.1) is 0 Å². The molecule has 73 heavy (non-hydrogen) atoms. The molecule has 2 aliphatic heterocycles. The number of rotatable bonds is 3. The first-order valence-corrected chi connectivity index (χ1v) is 25.2. The summed E-state index contributed by atoms with van der Waals surface area (Å²) in [6, 6.07) is 40.6. The van der Waals surface area contributed by atoms with Crippen LogP contribution in [0.1, 0.15) is 156 Å². The van der Waals surface area contributed by atoms with Crippen molar-refractivity contribution in [3.8, 4) is 52.0 Å². The maximum Gasteiger partial charge on any atom is 0.0991 e. The van der Waals surface area contributed by atoms with Gasteiger partial charge in [0.1, 0.15) is 0 Å². The topological polar surface area (TPSA) is 84.4 Å². The Labute approximate surface area is 433 Å². The average Bonchev–Trinajstić information content (AvgIpc) is 4.19. The van der Waals surface area contributed by atoms with Crippen LogP contribution in [0.5, 0.6) is 0 Å². The van der Waals surface area contributed by atoms with Crippen LogP contribution in [0.15, 0.2) is 109 Å². The maximum atomic E-state index is 9.56. The Morgan fingerprint density at radius 2 is 0.740 bits per heavy atom. The van der Waals surface area contributed by atoms with Gasteiger partial charge in [0.25, 0.3) is 0 Å². The zero-order chi connectivity index (χ0) is 52.2. The van der Waals surface area contributed by atoms with Crippen molar-refractivity contribution in [2.24, 2.45) is 0 Å². The Morgan fingerprint density at radius 1 is 0.397 bits per heavy atom. The fourth-order valence-corrected chi connectivity index (χ4v) is 9.09. The van der Waals surface area contributed by atoms with Gasteiger partial charge in [-0.1, -0.05) is 143 Å². The molecule has 3 aromatic heterocycles. The Hall–Kier alpha value is -8.11. The van der Waals surface area contributed by atoms with E-state index in [2.05, 4.69) is 237 Å². The summed E-state index contributed by atoms with van der Waals surface area (Å²) in [6.45, 7) is 27.3. The molecular weight excluding hydrogens is 889 g/mol. The van der Waals surface area contributed by atoms with Crippen LogP contribution in [-0.4, -0.2) is 34.0 Å². The quantitative estimate of drug-likeness (QED) is 0.173. The van der Waals surface area contributed by atoms with Crippen molar-refractivity contribution in [3.63, 3.8) is 0 Å². The van der Waals surface area contributed by atoms with E-state index in [0.29, 0.717) is 22.5 Å². The van der Waals surface area contributed by atoms with Crippen LogP contribution in [0.25, 0.3) is 68.6 Å². The van der Waals surface area contributed by atoms with E-state index >= 15 is 0 Å². The Kier molecular flexibility index (Phi) is 12.8. The first kappa shape index (κ1) is 49.9. The summed E-state index contributed by atoms with van der Waals surface area (Å²) in [5, 5.41) is 9.56. The van der Waals surface area contributed by atoms with Gasteiger partial charge in [-0.05, 0) is 152 Å². The van der Waals surface area contributed by atoms with E-state index in [1.54, 1.807) is 12.1 Å². The van der Waals surface area contributed by atoms with Gasteiger partial charge < -0.3 is 14.9 Å². The summed E-state index contributed by atoms with van der Waals surface area (Å²) >= 11 is 0. The van der Waals surface area contributed by atoms with E-state index in [0.717, 1.165) is 78.1 Å². The zero-order valence-corrected chi connectivity index (χ0v) is 45.0. The fourth-order valence-electron chi connectivity index (χ4n) is 9.09. The predicted octanol–water partition coefficient (Wildman–Crippen LogP) is 15.9. The van der Waals surface area contributed by atoms with Gasteiger partial charge in [0.15, 0.2) is 0 Å². The number of hydrogen-bond acceptors (Lipinski definition) is 4. The lowest BCUT2D eigenvalue weighted by atomic mass is 9.78. The number of aromatic amines is 2. The van der Waals surface area contributed by atoms with Gasteiger partial charge in [-0.2, -0.15) is 5.26 Å². The van der Waals surface area contributed by atoms with Crippen LogP contribution in [-0.2, 0) is 21.7 Å². The third kappa shape index (κ3) is 10.6. The number of benzene rings is 4. The monoisotopic (exact) mass is 955 g/mol. The van der Waals surface area contributed by atoms with Crippen molar-refractivity contribution >= 4 is 52.1 Å². The molecule has 0 aliphatic carbocycles. The molecule has 2 aliphatic rings. The van der Waals surface area contributed by atoms with Crippen molar-refractivity contribution < 1.29 is 0 Å². The second-order valence-corrected chi connectivity index (χ2v) is 23.7. The molecule has 5 heterocycles. The molecule has 7 aromatic rings. The molecule has 8 bridgehead atoms. The minimum absolute atomic E-state index is 0.117. The lowest BCUT2D eigenvalue weighted by molar-refractivity contribution is 0.568. The molecule has 0 saturated carbocycles. The van der Waals surface area contributed by atoms with Crippen LogP contribution in [0, 0.1) is 35.0 Å². The Morgan fingerprint density at radius 3 is 1.11 bits per heavy atom. The summed E-state index contributed by atoms with van der Waals surface area (Å²) in [6.07, 6.45) is 8.36. The molecule has 4 aromatic carbocycles. The molecule has 6 heteroatoms. The van der Waals surface area contributed by atoms with Crippen LogP contribution in [0.2, 0.25) is 0 Å². The molecule has 0 spiro atoms. The highest BCUT2D eigenvalue weighted by molar-refractivity contribution is 5.96. The normalized spacial score (nSPS) is 12.5. The number of hydrogen-bond donors (Lipinski definition) is 2. The van der Waals surface area contributed by atoms with E-state index in [4.69, 9.17) is 9.97 Å². The van der Waals surface area contributed by atoms with E-state index in [9.17, 15) is 5.26 Å². The van der Waals surface area contributed by atoms with Gasteiger partial charge in [0, 0.05) is 53.1 Å². The van der Waals surface area contributed by atoms with Gasteiger partial charge in [-0.25, -0.2) is 9.97 Å². The van der Waals surface area contributed by atoms with E-state index in [1.807, 2.05) is 26.2 Å². The highest BCUT2D eigenvalue weighted by atomic mass is 15.1. The third-order valence-corrected chi connectivity index (χ3v) is 13.7. The lowest BCUT2D eigenvalue weighted by Gasteiger charge is -2.26. The molecule has 0 radical (unpaired) electrons. The number of nitrogens with zero attached hydrogens (tertiary/aromatic N) is 4. The summed E-state index contributed by atoms with van der Waals surface area (Å²) in [5.41, 5.74) is 20.2. The van der Waals surface area contributed by atoms with Crippen LogP contribution >= 0.6 is 0 Å². The molecule has 6 nitrogen and oxygen atoms in total. The maximum absolute atomic E-state index is 9.56. The van der Waals surface area contributed by atoms with Crippen LogP contribution in [0.3, 0.4) is 0 Å². The Balaban J connectivity index is 1.45. The minimum Gasteiger partial charge on any atom is -0.378 e. The van der Waals surface area contributed by atoms with Gasteiger partial charge in [0.2, 0.25) is 0 Å². The predicted molar refractivity (Wildman–Crippen MR) is 308 cm³/mol. The highest BCUT2D eigenvalue weighted by Crippen LogP contribution is 2.40. The van der Waals surface area contributed by atoms with E-state index in [-0.39, 0.29) is 21.7 Å². The average molecular weight is 955 g/mol. The molecule has 0 amide bonds. The van der Waals surface area contributed by atoms with Crippen molar-refractivity contribution in [1.82, 2.24) is 19.9 Å². The van der Waals surface area contributed by atoms with Crippen molar-refractivity contribution in [2.45, 2.75) is 105 Å². The summed E-state index contributed by atoms with van der Waals surface area (Å²) in [5.74, 6) is 14.1. The number of nitrogens with one attached hydrogen (secondary N) is 2. The van der Waals surface area contributed by atoms with Gasteiger partial charge in [-0.3, -0.25) is 0 Å². The first-order valence-electron chi connectivity index (χ1n) is 25.2. The molecule has 0 atom stereocenters. The molecule has 2 N–H and O–H groups in total. The molecule has 0 saturated heterocycles. The SMILES string of the molecule is CN(C)c1ccc(C#Cc2c3ccc([nH]3)c(-c3cc(C(C)(C)C)cc(C(C)(C)C)c3)c3nc(c(C#Cc4ccc(C#N)cc4)c4nc(c(-c5cc(C(C)(C)C)cc(C(C)(C)C)c5)c5ccc2[nH]5)C=C4)C=C3)cc1. The van der Waals surface area contributed by atoms with Crippen molar-refractivity contribution in [1.29, 1.82) is 5.26 Å². The number of nitriles is 1. The number of fused-ring (bicyclic) bond motifs is 8. The minimum atomic E-state index is -0.117. The van der Waals surface area contributed by atoms with Crippen molar-refractivity contribution in [3.05, 3.63) is 182 Å². The largest absolute Gasteiger partial charge is 0.378 e. The van der Waals surface area contributed by atoms with Crippen molar-refractivity contribution in [2.75, 3.05) is 19.0 Å². The molecule has 364 valence electrons. The standard InChI is InChI=1S/C67H66N6/c1-64(2,3)47-35-45(36-48(39-47)65(4,5)6)62-58-31-27-54(69-58)52(25-21-42-15-17-44(41-68)18-16-42)55-28-32-59(70-55)63(46-37-49(66(7,8)9)40-50(38-46)67(10,11)12)61-34-30-57(72-61)53(56-29-33-60(62)71-56)26-22-43-19-23-51(24-20-43)73(13)14/h15-20,23-24,27-40,71-72H,1-14H3.